The summed E-state index contributed by atoms with van der Waals surface area (Å²) >= 11 is 0. The summed E-state index contributed by atoms with van der Waals surface area (Å²) in [4.78, 5) is 30.4. The summed E-state index contributed by atoms with van der Waals surface area (Å²) in [5.74, 6) is 0.746. The molecule has 1 saturated heterocycles. The standard InChI is InChI=1S/C29H29N3O3/c1-2-17-32(24-15-18-31(19-16-24)28(33)22-11-7-4-8-12-22)29(34)23-13-14-26-25(20-23)27(35-30-26)21-9-5-3-6-10-21/h3-14,20,24H,2,15-19H2,1H3. The van der Waals surface area contributed by atoms with Crippen molar-refractivity contribution in [2.24, 2.45) is 0 Å². The fraction of sp³-hybridized carbons (Fsp3) is 0.276. The summed E-state index contributed by atoms with van der Waals surface area (Å²) in [6, 6.07) is 24.9. The van der Waals surface area contributed by atoms with Crippen molar-refractivity contribution in [3.8, 4) is 11.3 Å². The predicted molar refractivity (Wildman–Crippen MR) is 136 cm³/mol. The van der Waals surface area contributed by atoms with E-state index in [0.717, 1.165) is 35.7 Å². The summed E-state index contributed by atoms with van der Waals surface area (Å²) in [5, 5.41) is 5.01. The number of likely N-dealkylation sites (tertiary alicyclic amines) is 1. The Kier molecular flexibility index (Phi) is 6.62. The van der Waals surface area contributed by atoms with Crippen molar-refractivity contribution < 1.29 is 14.1 Å². The molecular weight excluding hydrogens is 438 g/mol. The van der Waals surface area contributed by atoms with E-state index in [0.29, 0.717) is 36.5 Å². The number of hydrogen-bond acceptors (Lipinski definition) is 4. The number of carbonyl (C=O) groups is 2. The predicted octanol–water partition coefficient (Wildman–Crippen LogP) is 5.65. The van der Waals surface area contributed by atoms with Gasteiger partial charge in [0, 0.05) is 42.4 Å². The third-order valence-electron chi connectivity index (χ3n) is 6.70. The van der Waals surface area contributed by atoms with Crippen molar-refractivity contribution in [1.29, 1.82) is 0 Å². The minimum absolute atomic E-state index is 0.0156. The smallest absolute Gasteiger partial charge is 0.254 e. The van der Waals surface area contributed by atoms with Gasteiger partial charge in [-0.1, -0.05) is 60.6 Å². The fourth-order valence-corrected chi connectivity index (χ4v) is 4.87. The van der Waals surface area contributed by atoms with Crippen molar-refractivity contribution in [3.05, 3.63) is 90.0 Å². The number of aromatic nitrogens is 1. The monoisotopic (exact) mass is 467 g/mol. The average molecular weight is 468 g/mol. The van der Waals surface area contributed by atoms with Crippen molar-refractivity contribution >= 4 is 22.7 Å². The normalized spacial score (nSPS) is 14.3. The molecule has 0 bridgehead atoms. The number of fused-ring (bicyclic) bond motifs is 1. The van der Waals surface area contributed by atoms with Crippen molar-refractivity contribution in [3.63, 3.8) is 0 Å². The molecule has 6 nitrogen and oxygen atoms in total. The second kappa shape index (κ2) is 10.1. The summed E-state index contributed by atoms with van der Waals surface area (Å²) in [7, 11) is 0. The Labute approximate surface area is 205 Å². The Bertz CT molecular complexity index is 1310. The van der Waals surface area contributed by atoms with E-state index in [9.17, 15) is 9.59 Å². The highest BCUT2D eigenvalue weighted by molar-refractivity contribution is 6.01. The quantitative estimate of drug-likeness (QED) is 0.367. The molecule has 0 atom stereocenters. The molecule has 5 rings (SSSR count). The van der Waals surface area contributed by atoms with Crippen LogP contribution in [-0.4, -0.2) is 52.4 Å². The number of benzene rings is 3. The van der Waals surface area contributed by atoms with Crippen molar-refractivity contribution in [1.82, 2.24) is 15.0 Å². The van der Waals surface area contributed by atoms with Crippen LogP contribution in [0.15, 0.2) is 83.4 Å². The molecule has 0 radical (unpaired) electrons. The Morgan fingerprint density at radius 1 is 0.943 bits per heavy atom. The first-order valence-electron chi connectivity index (χ1n) is 12.3. The molecule has 0 spiro atoms. The zero-order valence-corrected chi connectivity index (χ0v) is 19.9. The number of amides is 2. The number of rotatable bonds is 6. The molecule has 3 aromatic carbocycles. The van der Waals surface area contributed by atoms with Gasteiger partial charge in [-0.2, -0.15) is 0 Å². The van der Waals surface area contributed by atoms with E-state index in [-0.39, 0.29) is 17.9 Å². The van der Waals surface area contributed by atoms with E-state index in [1.54, 1.807) is 0 Å². The Hall–Kier alpha value is -3.93. The van der Waals surface area contributed by atoms with Crippen LogP contribution in [0.25, 0.3) is 22.2 Å². The van der Waals surface area contributed by atoms with Gasteiger partial charge >= 0.3 is 0 Å². The average Bonchev–Trinajstić information content (AvgIpc) is 3.35. The largest absolute Gasteiger partial charge is 0.355 e. The maximum absolute atomic E-state index is 13.7. The van der Waals surface area contributed by atoms with Crippen molar-refractivity contribution in [2.45, 2.75) is 32.2 Å². The number of piperidine rings is 1. The molecule has 1 aliphatic heterocycles. The van der Waals surface area contributed by atoms with Gasteiger partial charge in [0.05, 0.1) is 5.39 Å². The molecule has 0 aliphatic carbocycles. The van der Waals surface area contributed by atoms with E-state index in [2.05, 4.69) is 12.1 Å². The lowest BCUT2D eigenvalue weighted by molar-refractivity contribution is 0.0519. The molecule has 35 heavy (non-hydrogen) atoms. The molecule has 2 amide bonds. The van der Waals surface area contributed by atoms with Crippen LogP contribution in [0.5, 0.6) is 0 Å². The van der Waals surface area contributed by atoms with E-state index in [4.69, 9.17) is 4.52 Å². The highest BCUT2D eigenvalue weighted by atomic mass is 16.5. The molecule has 6 heteroatoms. The van der Waals surface area contributed by atoms with Crippen molar-refractivity contribution in [2.75, 3.05) is 19.6 Å². The highest BCUT2D eigenvalue weighted by Crippen LogP contribution is 2.30. The van der Waals surface area contributed by atoms with Crippen LogP contribution in [0.3, 0.4) is 0 Å². The van der Waals surface area contributed by atoms with Crippen LogP contribution >= 0.6 is 0 Å². The molecule has 1 aliphatic rings. The van der Waals surface area contributed by atoms with Gasteiger partial charge in [0.2, 0.25) is 0 Å². The summed E-state index contributed by atoms with van der Waals surface area (Å²) < 4.78 is 5.62. The van der Waals surface area contributed by atoms with E-state index >= 15 is 0 Å². The van der Waals surface area contributed by atoms with Crippen LogP contribution in [-0.2, 0) is 0 Å². The van der Waals surface area contributed by atoms with Crippen LogP contribution < -0.4 is 0 Å². The lowest BCUT2D eigenvalue weighted by Crippen LogP contribution is -2.49. The molecule has 178 valence electrons. The third kappa shape index (κ3) is 4.69. The first-order valence-corrected chi connectivity index (χ1v) is 12.3. The van der Waals surface area contributed by atoms with Crippen LogP contribution in [0.4, 0.5) is 0 Å². The lowest BCUT2D eigenvalue weighted by Gasteiger charge is -2.38. The van der Waals surface area contributed by atoms with E-state index in [1.807, 2.05) is 88.7 Å². The Morgan fingerprint density at radius 2 is 1.63 bits per heavy atom. The SMILES string of the molecule is CCCN(C(=O)c1ccc2noc(-c3ccccc3)c2c1)C1CCN(C(=O)c2ccccc2)CC1. The molecule has 0 saturated carbocycles. The number of nitrogens with zero attached hydrogens (tertiary/aromatic N) is 3. The Balaban J connectivity index is 1.34. The summed E-state index contributed by atoms with van der Waals surface area (Å²) in [6.07, 6.45) is 2.42. The molecule has 0 unspecified atom stereocenters. The van der Waals surface area contributed by atoms with Gasteiger partial charge in [0.1, 0.15) is 5.52 Å². The molecule has 1 aromatic heterocycles. The van der Waals surface area contributed by atoms with E-state index in [1.165, 1.54) is 0 Å². The second-order valence-corrected chi connectivity index (χ2v) is 9.00. The first-order chi connectivity index (χ1) is 17.2. The van der Waals surface area contributed by atoms with Gasteiger partial charge in [-0.05, 0) is 49.6 Å². The van der Waals surface area contributed by atoms with Crippen LogP contribution in [0.1, 0.15) is 46.9 Å². The summed E-state index contributed by atoms with van der Waals surface area (Å²) in [6.45, 7) is 4.07. The van der Waals surface area contributed by atoms with Gasteiger partial charge in [0.15, 0.2) is 5.76 Å². The first kappa shape index (κ1) is 22.8. The third-order valence-corrected chi connectivity index (χ3v) is 6.70. The Morgan fingerprint density at radius 3 is 2.31 bits per heavy atom. The molecule has 4 aromatic rings. The maximum Gasteiger partial charge on any atom is 0.254 e. The van der Waals surface area contributed by atoms with E-state index < -0.39 is 0 Å². The summed E-state index contributed by atoms with van der Waals surface area (Å²) in [5.41, 5.74) is 3.01. The minimum atomic E-state index is 0.0156. The molecular formula is C29H29N3O3. The minimum Gasteiger partial charge on any atom is -0.355 e. The number of hydrogen-bond donors (Lipinski definition) is 0. The van der Waals surface area contributed by atoms with Gasteiger partial charge in [0.25, 0.3) is 11.8 Å². The van der Waals surface area contributed by atoms with Gasteiger partial charge in [-0.15, -0.1) is 0 Å². The zero-order chi connectivity index (χ0) is 24.2. The number of carbonyl (C=O) groups excluding carboxylic acids is 2. The van der Waals surface area contributed by atoms with Gasteiger partial charge in [-0.25, -0.2) is 0 Å². The highest BCUT2D eigenvalue weighted by Gasteiger charge is 2.30. The molecule has 0 N–H and O–H groups in total. The molecule has 2 heterocycles. The topological polar surface area (TPSA) is 66.7 Å². The van der Waals surface area contributed by atoms with Gasteiger partial charge < -0.3 is 14.3 Å². The van der Waals surface area contributed by atoms with Crippen LogP contribution in [0.2, 0.25) is 0 Å². The fourth-order valence-electron chi connectivity index (χ4n) is 4.87. The molecule has 1 fully saturated rings. The zero-order valence-electron chi connectivity index (χ0n) is 19.9. The van der Waals surface area contributed by atoms with Crippen LogP contribution in [0, 0.1) is 0 Å². The maximum atomic E-state index is 13.7. The second-order valence-electron chi connectivity index (χ2n) is 9.00. The van der Waals surface area contributed by atoms with Gasteiger partial charge in [-0.3, -0.25) is 9.59 Å². The lowest BCUT2D eigenvalue weighted by atomic mass is 10.00.